The minimum atomic E-state index is -4.64. The third-order valence-electron chi connectivity index (χ3n) is 4.92. The summed E-state index contributed by atoms with van der Waals surface area (Å²) in [5.41, 5.74) is -2.30. The second kappa shape index (κ2) is 8.17. The van der Waals surface area contributed by atoms with Crippen LogP contribution in [0.3, 0.4) is 0 Å². The highest BCUT2D eigenvalue weighted by Crippen LogP contribution is 2.34. The number of hydrogen-bond donors (Lipinski definition) is 1. The third-order valence-corrected chi connectivity index (χ3v) is 4.92. The van der Waals surface area contributed by atoms with Gasteiger partial charge in [0.15, 0.2) is 0 Å². The molecular formula is C21H20F3N3O3. The van der Waals surface area contributed by atoms with Gasteiger partial charge in [0, 0.05) is 6.04 Å². The van der Waals surface area contributed by atoms with Crippen LogP contribution in [0.25, 0.3) is 10.9 Å². The summed E-state index contributed by atoms with van der Waals surface area (Å²) in [5.74, 6) is -0.812. The fourth-order valence-electron chi connectivity index (χ4n) is 3.24. The van der Waals surface area contributed by atoms with Crippen molar-refractivity contribution in [2.24, 2.45) is 0 Å². The zero-order valence-corrected chi connectivity index (χ0v) is 16.4. The average molecular weight is 419 g/mol. The Morgan fingerprint density at radius 2 is 1.70 bits per heavy atom. The molecule has 0 saturated carbocycles. The average Bonchev–Trinajstić information content (AvgIpc) is 2.70. The summed E-state index contributed by atoms with van der Waals surface area (Å²) in [5, 5.41) is 2.48. The highest BCUT2D eigenvalue weighted by molar-refractivity contribution is 5.92. The normalized spacial score (nSPS) is 12.7. The van der Waals surface area contributed by atoms with E-state index in [0.29, 0.717) is 6.42 Å². The zero-order valence-electron chi connectivity index (χ0n) is 16.4. The minimum absolute atomic E-state index is 0.242. The number of nitrogens with zero attached hydrogens (tertiary/aromatic N) is 2. The number of aromatic nitrogens is 2. The second-order valence-corrected chi connectivity index (χ2v) is 6.91. The molecule has 30 heavy (non-hydrogen) atoms. The number of rotatable bonds is 5. The van der Waals surface area contributed by atoms with Gasteiger partial charge in [0.1, 0.15) is 6.54 Å². The van der Waals surface area contributed by atoms with Crippen molar-refractivity contribution in [1.82, 2.24) is 9.13 Å². The summed E-state index contributed by atoms with van der Waals surface area (Å²) in [6, 6.07) is 10.5. The molecule has 2 aromatic carbocycles. The first-order valence-electron chi connectivity index (χ1n) is 9.35. The fourth-order valence-corrected chi connectivity index (χ4v) is 3.24. The van der Waals surface area contributed by atoms with E-state index in [1.165, 1.54) is 18.2 Å². The van der Waals surface area contributed by atoms with Crippen LogP contribution in [0, 0.1) is 0 Å². The van der Waals surface area contributed by atoms with Crippen LogP contribution in [0.2, 0.25) is 0 Å². The van der Waals surface area contributed by atoms with Crippen molar-refractivity contribution >= 4 is 22.5 Å². The maximum absolute atomic E-state index is 13.2. The number of fused-ring (bicyclic) bond motifs is 1. The van der Waals surface area contributed by atoms with Crippen LogP contribution in [-0.2, 0) is 17.5 Å². The maximum Gasteiger partial charge on any atom is 0.418 e. The molecule has 3 rings (SSSR count). The van der Waals surface area contributed by atoms with Crippen molar-refractivity contribution in [3.63, 3.8) is 0 Å². The Kier molecular flexibility index (Phi) is 5.82. The van der Waals surface area contributed by atoms with E-state index in [9.17, 15) is 27.6 Å². The Morgan fingerprint density at radius 1 is 1.07 bits per heavy atom. The molecular weight excluding hydrogens is 399 g/mol. The first-order valence-corrected chi connectivity index (χ1v) is 9.35. The van der Waals surface area contributed by atoms with Crippen LogP contribution in [0.5, 0.6) is 0 Å². The van der Waals surface area contributed by atoms with Crippen molar-refractivity contribution in [3.8, 4) is 0 Å². The van der Waals surface area contributed by atoms with Crippen molar-refractivity contribution in [2.45, 2.75) is 39.0 Å². The summed E-state index contributed by atoms with van der Waals surface area (Å²) < 4.78 is 41.7. The topological polar surface area (TPSA) is 73.1 Å². The fraction of sp³-hybridized carbons (Fsp3) is 0.286. The van der Waals surface area contributed by atoms with Crippen LogP contribution in [0.15, 0.2) is 58.1 Å². The minimum Gasteiger partial charge on any atom is -0.324 e. The summed E-state index contributed by atoms with van der Waals surface area (Å²) in [6.07, 6.45) is -4.13. The standard InChI is InChI=1S/C21H20F3N3O3/c1-3-13(2)27-19(29)14-8-4-7-11-17(14)26(20(27)30)12-18(28)25-16-10-6-5-9-15(16)21(22,23)24/h4-11,13H,3,12H2,1-2H3,(H,25,28). The van der Waals surface area contributed by atoms with Gasteiger partial charge in [0.25, 0.3) is 5.56 Å². The molecule has 0 spiro atoms. The van der Waals surface area contributed by atoms with Gasteiger partial charge in [-0.2, -0.15) is 13.2 Å². The quantitative estimate of drug-likeness (QED) is 0.684. The molecule has 1 heterocycles. The predicted molar refractivity (Wildman–Crippen MR) is 108 cm³/mol. The van der Waals surface area contributed by atoms with E-state index >= 15 is 0 Å². The van der Waals surface area contributed by atoms with E-state index in [1.54, 1.807) is 25.1 Å². The Labute approximate surface area is 169 Å². The van der Waals surface area contributed by atoms with E-state index in [0.717, 1.165) is 21.3 Å². The number of hydrogen-bond acceptors (Lipinski definition) is 3. The van der Waals surface area contributed by atoms with Gasteiger partial charge >= 0.3 is 11.9 Å². The van der Waals surface area contributed by atoms with Crippen molar-refractivity contribution < 1.29 is 18.0 Å². The SMILES string of the molecule is CCC(C)n1c(=O)c2ccccc2n(CC(=O)Nc2ccccc2C(F)(F)F)c1=O. The molecule has 0 aliphatic carbocycles. The van der Waals surface area contributed by atoms with Crippen LogP contribution in [0.4, 0.5) is 18.9 Å². The molecule has 9 heteroatoms. The molecule has 3 aromatic rings. The Morgan fingerprint density at radius 3 is 2.37 bits per heavy atom. The lowest BCUT2D eigenvalue weighted by molar-refractivity contribution is -0.137. The van der Waals surface area contributed by atoms with Crippen molar-refractivity contribution in [2.75, 3.05) is 5.32 Å². The molecule has 1 N–H and O–H groups in total. The summed E-state index contributed by atoms with van der Waals surface area (Å²) >= 11 is 0. The van der Waals surface area contributed by atoms with Gasteiger partial charge in [-0.1, -0.05) is 31.2 Å². The molecule has 1 aromatic heterocycles. The van der Waals surface area contributed by atoms with E-state index in [1.807, 2.05) is 6.92 Å². The van der Waals surface area contributed by atoms with Gasteiger partial charge in [0.05, 0.1) is 22.2 Å². The molecule has 6 nitrogen and oxygen atoms in total. The Balaban J connectivity index is 2.06. The van der Waals surface area contributed by atoms with Gasteiger partial charge in [-0.15, -0.1) is 0 Å². The summed E-state index contributed by atoms with van der Waals surface area (Å²) in [6.45, 7) is 2.99. The van der Waals surface area contributed by atoms with Crippen molar-refractivity contribution in [3.05, 3.63) is 74.9 Å². The molecule has 1 unspecified atom stereocenters. The second-order valence-electron chi connectivity index (χ2n) is 6.91. The molecule has 0 fully saturated rings. The number of carbonyl (C=O) groups is 1. The monoisotopic (exact) mass is 419 g/mol. The zero-order chi connectivity index (χ0) is 22.1. The number of nitrogens with one attached hydrogen (secondary N) is 1. The van der Waals surface area contributed by atoms with Crippen LogP contribution in [-0.4, -0.2) is 15.0 Å². The molecule has 0 aliphatic heterocycles. The van der Waals surface area contributed by atoms with Gasteiger partial charge < -0.3 is 5.32 Å². The molecule has 1 atom stereocenters. The van der Waals surface area contributed by atoms with E-state index in [-0.39, 0.29) is 10.9 Å². The molecule has 0 saturated heterocycles. The van der Waals surface area contributed by atoms with Gasteiger partial charge in [-0.25, -0.2) is 4.79 Å². The predicted octanol–water partition coefficient (Wildman–Crippen LogP) is 3.79. The third kappa shape index (κ3) is 4.00. The number of para-hydroxylation sites is 2. The van der Waals surface area contributed by atoms with E-state index < -0.39 is 47.2 Å². The van der Waals surface area contributed by atoms with Crippen LogP contribution in [0.1, 0.15) is 31.9 Å². The lowest BCUT2D eigenvalue weighted by Gasteiger charge is -2.18. The number of anilines is 1. The number of carbonyl (C=O) groups excluding carboxylic acids is 1. The lowest BCUT2D eigenvalue weighted by atomic mass is 10.1. The highest BCUT2D eigenvalue weighted by atomic mass is 19.4. The number of amides is 1. The summed E-state index contributed by atoms with van der Waals surface area (Å²) in [7, 11) is 0. The van der Waals surface area contributed by atoms with Gasteiger partial charge in [-0.3, -0.25) is 18.7 Å². The largest absolute Gasteiger partial charge is 0.418 e. The first kappa shape index (κ1) is 21.4. The smallest absolute Gasteiger partial charge is 0.324 e. The molecule has 0 aliphatic rings. The van der Waals surface area contributed by atoms with E-state index in [2.05, 4.69) is 5.32 Å². The Hall–Kier alpha value is -3.36. The van der Waals surface area contributed by atoms with Gasteiger partial charge in [0.2, 0.25) is 5.91 Å². The Bertz CT molecular complexity index is 1210. The van der Waals surface area contributed by atoms with E-state index in [4.69, 9.17) is 0 Å². The molecule has 0 bridgehead atoms. The summed E-state index contributed by atoms with van der Waals surface area (Å²) in [4.78, 5) is 38.3. The molecule has 1 amide bonds. The number of alkyl halides is 3. The highest BCUT2D eigenvalue weighted by Gasteiger charge is 2.33. The van der Waals surface area contributed by atoms with Crippen molar-refractivity contribution in [1.29, 1.82) is 0 Å². The lowest BCUT2D eigenvalue weighted by Crippen LogP contribution is -2.43. The first-order chi connectivity index (χ1) is 14.1. The molecule has 158 valence electrons. The van der Waals surface area contributed by atoms with Gasteiger partial charge in [-0.05, 0) is 37.6 Å². The number of benzene rings is 2. The van der Waals surface area contributed by atoms with Crippen LogP contribution >= 0.6 is 0 Å². The molecule has 0 radical (unpaired) electrons. The maximum atomic E-state index is 13.2. The number of halogens is 3. The van der Waals surface area contributed by atoms with Crippen LogP contribution < -0.4 is 16.6 Å².